The molecule has 0 fully saturated rings. The summed E-state index contributed by atoms with van der Waals surface area (Å²) in [4.78, 5) is 22.2. The third-order valence-corrected chi connectivity index (χ3v) is 3.04. The van der Waals surface area contributed by atoms with Gasteiger partial charge in [-0.25, -0.2) is 5.43 Å². The molecule has 0 saturated carbocycles. The lowest BCUT2D eigenvalue weighted by atomic mass is 10.1. The summed E-state index contributed by atoms with van der Waals surface area (Å²) in [6.45, 7) is 0. The number of amides is 1. The first-order valence-electron chi connectivity index (χ1n) is 6.78. The zero-order chi connectivity index (χ0) is 16.7. The van der Waals surface area contributed by atoms with Crippen molar-refractivity contribution in [3.05, 3.63) is 69.8 Å². The van der Waals surface area contributed by atoms with Crippen LogP contribution >= 0.6 is 0 Å². The Morgan fingerprint density at radius 2 is 2.09 bits per heavy atom. The summed E-state index contributed by atoms with van der Waals surface area (Å²) < 4.78 is 5.08. The molecule has 0 aliphatic heterocycles. The van der Waals surface area contributed by atoms with Gasteiger partial charge in [-0.1, -0.05) is 30.3 Å². The minimum atomic E-state index is -0.512. The Hall–Kier alpha value is -3.22. The lowest BCUT2D eigenvalue weighted by Crippen LogP contribution is -2.20. The highest BCUT2D eigenvalue weighted by Gasteiger charge is 2.14. The van der Waals surface area contributed by atoms with E-state index in [1.807, 2.05) is 0 Å². The number of rotatable bonds is 6. The number of hydrogen-bond donors (Lipinski definition) is 1. The second-order valence-electron chi connectivity index (χ2n) is 4.63. The molecule has 2 rings (SSSR count). The van der Waals surface area contributed by atoms with Crippen LogP contribution in [0.25, 0.3) is 0 Å². The summed E-state index contributed by atoms with van der Waals surface area (Å²) in [6, 6.07) is 13.3. The van der Waals surface area contributed by atoms with Crippen LogP contribution in [-0.2, 0) is 11.2 Å². The summed E-state index contributed by atoms with van der Waals surface area (Å²) in [5.41, 5.74) is 3.37. The van der Waals surface area contributed by atoms with Crippen LogP contribution in [0.3, 0.4) is 0 Å². The molecule has 2 aromatic carbocycles. The van der Waals surface area contributed by atoms with Crippen molar-refractivity contribution < 1.29 is 14.5 Å². The number of hydrazone groups is 1. The Kier molecular flexibility index (Phi) is 5.40. The van der Waals surface area contributed by atoms with E-state index in [0.29, 0.717) is 11.3 Å². The number of nitro groups is 1. The molecule has 0 aliphatic rings. The van der Waals surface area contributed by atoms with Crippen molar-refractivity contribution in [2.75, 3.05) is 7.11 Å². The first-order chi connectivity index (χ1) is 11.1. The quantitative estimate of drug-likeness (QED) is 0.503. The molecule has 2 aromatic rings. The van der Waals surface area contributed by atoms with E-state index in [1.165, 1.54) is 12.3 Å². The van der Waals surface area contributed by atoms with Crippen LogP contribution in [-0.4, -0.2) is 24.2 Å². The van der Waals surface area contributed by atoms with Gasteiger partial charge in [-0.3, -0.25) is 14.9 Å². The number of carbonyl (C=O) groups excluding carboxylic acids is 1. The minimum Gasteiger partial charge on any atom is -0.497 e. The number of benzene rings is 2. The predicted octanol–water partition coefficient (Wildman–Crippen LogP) is 2.30. The van der Waals surface area contributed by atoms with Gasteiger partial charge in [0.1, 0.15) is 5.75 Å². The van der Waals surface area contributed by atoms with E-state index in [1.54, 1.807) is 49.6 Å². The maximum atomic E-state index is 11.8. The fourth-order valence-corrected chi connectivity index (χ4v) is 1.95. The SMILES string of the molecule is COc1cccc(/C=N/NC(=O)Cc2ccccc2[N+](=O)[O-])c1. The average Bonchev–Trinajstić information content (AvgIpc) is 2.55. The van der Waals surface area contributed by atoms with Crippen LogP contribution in [0, 0.1) is 10.1 Å². The van der Waals surface area contributed by atoms with Crippen LogP contribution in [0.4, 0.5) is 5.69 Å². The Morgan fingerprint density at radius 1 is 1.30 bits per heavy atom. The van der Waals surface area contributed by atoms with Crippen LogP contribution < -0.4 is 10.2 Å². The van der Waals surface area contributed by atoms with Gasteiger partial charge < -0.3 is 4.74 Å². The van der Waals surface area contributed by atoms with Crippen molar-refractivity contribution in [2.24, 2.45) is 5.10 Å². The van der Waals surface area contributed by atoms with Gasteiger partial charge >= 0.3 is 0 Å². The Bertz CT molecular complexity index is 744. The summed E-state index contributed by atoms with van der Waals surface area (Å²) >= 11 is 0. The third kappa shape index (κ3) is 4.63. The van der Waals surface area contributed by atoms with Gasteiger partial charge in [0.15, 0.2) is 0 Å². The van der Waals surface area contributed by atoms with Gasteiger partial charge in [0, 0.05) is 11.6 Å². The number of nitrogens with one attached hydrogen (secondary N) is 1. The van der Waals surface area contributed by atoms with Gasteiger partial charge in [-0.15, -0.1) is 0 Å². The van der Waals surface area contributed by atoms with Crippen molar-refractivity contribution in [3.63, 3.8) is 0 Å². The lowest BCUT2D eigenvalue weighted by Gasteiger charge is -2.02. The molecular weight excluding hydrogens is 298 g/mol. The third-order valence-electron chi connectivity index (χ3n) is 3.04. The highest BCUT2D eigenvalue weighted by molar-refractivity contribution is 5.84. The van der Waals surface area contributed by atoms with Crippen molar-refractivity contribution in [3.8, 4) is 5.75 Å². The van der Waals surface area contributed by atoms with E-state index in [0.717, 1.165) is 5.56 Å². The first kappa shape index (κ1) is 16.2. The van der Waals surface area contributed by atoms with Crippen molar-refractivity contribution in [2.45, 2.75) is 6.42 Å². The number of nitrogens with zero attached hydrogens (tertiary/aromatic N) is 2. The second kappa shape index (κ2) is 7.69. The lowest BCUT2D eigenvalue weighted by molar-refractivity contribution is -0.385. The van der Waals surface area contributed by atoms with Gasteiger partial charge in [-0.05, 0) is 17.7 Å². The molecule has 0 spiro atoms. The van der Waals surface area contributed by atoms with Crippen LogP contribution in [0.15, 0.2) is 53.6 Å². The highest BCUT2D eigenvalue weighted by Crippen LogP contribution is 2.17. The van der Waals surface area contributed by atoms with Gasteiger partial charge in [0.2, 0.25) is 5.91 Å². The number of hydrogen-bond acceptors (Lipinski definition) is 5. The Balaban J connectivity index is 1.97. The summed E-state index contributed by atoms with van der Waals surface area (Å²) in [7, 11) is 1.56. The van der Waals surface area contributed by atoms with E-state index in [9.17, 15) is 14.9 Å². The Labute approximate surface area is 132 Å². The molecule has 0 aliphatic carbocycles. The zero-order valence-corrected chi connectivity index (χ0v) is 12.4. The van der Waals surface area contributed by atoms with Crippen molar-refractivity contribution >= 4 is 17.8 Å². The molecule has 7 nitrogen and oxygen atoms in total. The van der Waals surface area contributed by atoms with Gasteiger partial charge in [-0.2, -0.15) is 5.10 Å². The summed E-state index contributed by atoms with van der Waals surface area (Å²) in [5, 5.41) is 14.7. The van der Waals surface area contributed by atoms with Crippen molar-refractivity contribution in [1.82, 2.24) is 5.43 Å². The molecule has 1 amide bonds. The number of nitro benzene ring substituents is 1. The van der Waals surface area contributed by atoms with E-state index in [-0.39, 0.29) is 12.1 Å². The minimum absolute atomic E-state index is 0.0839. The van der Waals surface area contributed by atoms with E-state index in [2.05, 4.69) is 10.5 Å². The van der Waals surface area contributed by atoms with Crippen LogP contribution in [0.5, 0.6) is 5.75 Å². The number of carbonyl (C=O) groups is 1. The second-order valence-corrected chi connectivity index (χ2v) is 4.63. The standard InChI is InChI=1S/C16H15N3O4/c1-23-14-7-4-5-12(9-14)11-17-18-16(20)10-13-6-2-3-8-15(13)19(21)22/h2-9,11H,10H2,1H3,(H,18,20)/b17-11+. The monoisotopic (exact) mass is 313 g/mol. The van der Waals surface area contributed by atoms with Crippen LogP contribution in [0.2, 0.25) is 0 Å². The molecule has 1 N–H and O–H groups in total. The average molecular weight is 313 g/mol. The number of methoxy groups -OCH3 is 1. The topological polar surface area (TPSA) is 93.8 Å². The summed E-state index contributed by atoms with van der Waals surface area (Å²) in [6.07, 6.45) is 1.35. The fraction of sp³-hybridized carbons (Fsp3) is 0.125. The van der Waals surface area contributed by atoms with E-state index < -0.39 is 10.8 Å². The molecule has 0 aromatic heterocycles. The maximum Gasteiger partial charge on any atom is 0.273 e. The normalized spacial score (nSPS) is 10.5. The van der Waals surface area contributed by atoms with Crippen LogP contribution in [0.1, 0.15) is 11.1 Å². The number of ether oxygens (including phenoxy) is 1. The van der Waals surface area contributed by atoms with E-state index >= 15 is 0 Å². The molecule has 118 valence electrons. The molecule has 7 heteroatoms. The smallest absolute Gasteiger partial charge is 0.273 e. The van der Waals surface area contributed by atoms with Gasteiger partial charge in [0.05, 0.1) is 24.7 Å². The first-order valence-corrected chi connectivity index (χ1v) is 6.78. The molecule has 0 radical (unpaired) electrons. The molecule has 0 saturated heterocycles. The van der Waals surface area contributed by atoms with Gasteiger partial charge in [0.25, 0.3) is 5.69 Å². The molecule has 0 bridgehead atoms. The predicted molar refractivity (Wildman–Crippen MR) is 85.5 cm³/mol. The summed E-state index contributed by atoms with van der Waals surface area (Å²) in [5.74, 6) is 0.249. The van der Waals surface area contributed by atoms with Crippen molar-refractivity contribution in [1.29, 1.82) is 0 Å². The molecule has 0 unspecified atom stereocenters. The highest BCUT2D eigenvalue weighted by atomic mass is 16.6. The fourth-order valence-electron chi connectivity index (χ4n) is 1.95. The van der Waals surface area contributed by atoms with E-state index in [4.69, 9.17) is 4.74 Å². The molecule has 0 heterocycles. The molecular formula is C16H15N3O4. The zero-order valence-electron chi connectivity index (χ0n) is 12.4. The molecule has 0 atom stereocenters. The molecule has 23 heavy (non-hydrogen) atoms. The maximum absolute atomic E-state index is 11.8. The largest absolute Gasteiger partial charge is 0.497 e. The number of para-hydroxylation sites is 1. The Morgan fingerprint density at radius 3 is 2.83 bits per heavy atom.